The number of benzene rings is 2. The van der Waals surface area contributed by atoms with Gasteiger partial charge in [0, 0.05) is 13.6 Å². The van der Waals surface area contributed by atoms with Crippen LogP contribution in [0.1, 0.15) is 16.7 Å². The minimum atomic E-state index is -3.61. The Balaban J connectivity index is 1.85. The molecular weight excluding hydrogens is 328 g/mol. The highest BCUT2D eigenvalue weighted by Crippen LogP contribution is 2.18. The fourth-order valence-electron chi connectivity index (χ4n) is 2.65. The maximum Gasteiger partial charge on any atom is 0.419 e. The van der Waals surface area contributed by atoms with Crippen LogP contribution < -0.4 is 10.5 Å². The van der Waals surface area contributed by atoms with E-state index in [9.17, 15) is 13.2 Å². The third-order valence-corrected chi connectivity index (χ3v) is 5.50. The van der Waals surface area contributed by atoms with Crippen LogP contribution >= 0.6 is 0 Å². The molecule has 0 unspecified atom stereocenters. The van der Waals surface area contributed by atoms with Gasteiger partial charge in [0.2, 0.25) is 10.0 Å². The average molecular weight is 346 g/mol. The predicted octanol–water partition coefficient (Wildman–Crippen LogP) is 2.23. The van der Waals surface area contributed by atoms with E-state index in [-0.39, 0.29) is 11.4 Å². The second-order valence-corrected chi connectivity index (χ2v) is 7.56. The van der Waals surface area contributed by atoms with E-state index >= 15 is 0 Å². The summed E-state index contributed by atoms with van der Waals surface area (Å²) in [6, 6.07) is 10.4. The number of rotatable bonds is 4. The standard InChI is InChI=1S/C17H18N2O4S/c1-11-4-7-16(12(2)8-11)24(21,22)18-10-13-5-6-14-15(9-13)23-17(20)19(14)3/h4-9,18H,10H2,1-3H3. The van der Waals surface area contributed by atoms with Crippen molar-refractivity contribution in [2.45, 2.75) is 25.3 Å². The topological polar surface area (TPSA) is 81.3 Å². The highest BCUT2D eigenvalue weighted by molar-refractivity contribution is 7.89. The summed E-state index contributed by atoms with van der Waals surface area (Å²) in [5.74, 6) is -0.446. The monoisotopic (exact) mass is 346 g/mol. The van der Waals surface area contributed by atoms with Gasteiger partial charge in [-0.3, -0.25) is 4.57 Å². The Morgan fingerprint density at radius 2 is 1.88 bits per heavy atom. The number of sulfonamides is 1. The molecule has 6 nitrogen and oxygen atoms in total. The summed E-state index contributed by atoms with van der Waals surface area (Å²) < 4.78 is 34.0. The Bertz CT molecular complexity index is 1080. The number of aryl methyl sites for hydroxylation is 3. The van der Waals surface area contributed by atoms with Gasteiger partial charge in [-0.05, 0) is 43.2 Å². The number of hydrogen-bond donors (Lipinski definition) is 1. The number of aromatic nitrogens is 1. The van der Waals surface area contributed by atoms with Crippen LogP contribution in [0.25, 0.3) is 11.1 Å². The van der Waals surface area contributed by atoms with Crippen molar-refractivity contribution in [1.29, 1.82) is 0 Å². The molecule has 0 radical (unpaired) electrons. The fraction of sp³-hybridized carbons (Fsp3) is 0.235. The van der Waals surface area contributed by atoms with Crippen molar-refractivity contribution >= 4 is 21.1 Å². The summed E-state index contributed by atoms with van der Waals surface area (Å²) in [7, 11) is -1.99. The summed E-state index contributed by atoms with van der Waals surface area (Å²) in [4.78, 5) is 11.8. The molecule has 7 heteroatoms. The van der Waals surface area contributed by atoms with Crippen LogP contribution in [0, 0.1) is 13.8 Å². The van der Waals surface area contributed by atoms with Gasteiger partial charge >= 0.3 is 5.76 Å². The lowest BCUT2D eigenvalue weighted by Gasteiger charge is -2.10. The largest absolute Gasteiger partial charge is 0.419 e. The van der Waals surface area contributed by atoms with Crippen molar-refractivity contribution < 1.29 is 12.8 Å². The van der Waals surface area contributed by atoms with E-state index in [1.54, 1.807) is 44.3 Å². The molecular formula is C17H18N2O4S. The summed E-state index contributed by atoms with van der Waals surface area (Å²) in [5.41, 5.74) is 3.53. The van der Waals surface area contributed by atoms with Crippen LogP contribution in [0.4, 0.5) is 0 Å². The first-order valence-electron chi connectivity index (χ1n) is 7.43. The number of oxazole rings is 1. The number of nitrogens with one attached hydrogen (secondary N) is 1. The van der Waals surface area contributed by atoms with Crippen LogP contribution in [0.3, 0.4) is 0 Å². The molecule has 0 saturated heterocycles. The third-order valence-electron chi connectivity index (χ3n) is 3.94. The van der Waals surface area contributed by atoms with Gasteiger partial charge in [0.05, 0.1) is 10.4 Å². The zero-order valence-electron chi connectivity index (χ0n) is 13.7. The molecule has 0 fully saturated rings. The zero-order chi connectivity index (χ0) is 17.5. The average Bonchev–Trinajstić information content (AvgIpc) is 2.79. The van der Waals surface area contributed by atoms with Gasteiger partial charge in [-0.2, -0.15) is 0 Å². The van der Waals surface area contributed by atoms with Gasteiger partial charge in [0.15, 0.2) is 5.58 Å². The molecule has 3 aromatic rings. The maximum atomic E-state index is 12.5. The lowest BCUT2D eigenvalue weighted by atomic mass is 10.2. The first-order valence-corrected chi connectivity index (χ1v) is 8.91. The molecule has 0 amide bonds. The molecule has 0 saturated carbocycles. The number of nitrogens with zero attached hydrogens (tertiary/aromatic N) is 1. The number of hydrogen-bond acceptors (Lipinski definition) is 4. The maximum absolute atomic E-state index is 12.5. The first-order chi connectivity index (χ1) is 11.3. The molecule has 0 aliphatic carbocycles. The smallest absolute Gasteiger partial charge is 0.408 e. The Labute approximate surface area is 139 Å². The Morgan fingerprint density at radius 1 is 1.12 bits per heavy atom. The van der Waals surface area contributed by atoms with Gasteiger partial charge in [0.25, 0.3) is 0 Å². The second kappa shape index (κ2) is 5.92. The predicted molar refractivity (Wildman–Crippen MR) is 91.4 cm³/mol. The Hall–Kier alpha value is -2.38. The van der Waals surface area contributed by atoms with Gasteiger partial charge in [0.1, 0.15) is 0 Å². The molecule has 126 valence electrons. The molecule has 0 aliphatic heterocycles. The van der Waals surface area contributed by atoms with Crippen molar-refractivity contribution in [3.05, 3.63) is 63.6 Å². The molecule has 3 rings (SSSR count). The minimum Gasteiger partial charge on any atom is -0.408 e. The van der Waals surface area contributed by atoms with E-state index in [1.165, 1.54) is 4.57 Å². The molecule has 0 atom stereocenters. The van der Waals surface area contributed by atoms with Gasteiger partial charge in [-0.1, -0.05) is 23.8 Å². The highest BCUT2D eigenvalue weighted by atomic mass is 32.2. The van der Waals surface area contributed by atoms with Gasteiger partial charge in [-0.15, -0.1) is 0 Å². The van der Waals surface area contributed by atoms with Crippen molar-refractivity contribution in [1.82, 2.24) is 9.29 Å². The third kappa shape index (κ3) is 3.00. The van der Waals surface area contributed by atoms with E-state index in [2.05, 4.69) is 4.72 Å². The van der Waals surface area contributed by atoms with E-state index < -0.39 is 15.8 Å². The van der Waals surface area contributed by atoms with Crippen molar-refractivity contribution in [3.63, 3.8) is 0 Å². The van der Waals surface area contributed by atoms with E-state index in [0.29, 0.717) is 22.2 Å². The molecule has 1 aromatic heterocycles. The SMILES string of the molecule is Cc1ccc(S(=O)(=O)NCc2ccc3c(c2)oc(=O)n3C)c(C)c1. The fourth-order valence-corrected chi connectivity index (χ4v) is 3.89. The Kier molecular flexibility index (Phi) is 4.06. The normalized spacial score (nSPS) is 12.0. The second-order valence-electron chi connectivity index (χ2n) is 5.82. The minimum absolute atomic E-state index is 0.115. The lowest BCUT2D eigenvalue weighted by molar-refractivity contribution is 0.527. The van der Waals surface area contributed by atoms with Crippen LogP contribution in [0.5, 0.6) is 0 Å². The van der Waals surface area contributed by atoms with Crippen LogP contribution in [0.15, 0.2) is 50.5 Å². The molecule has 2 aromatic carbocycles. The van der Waals surface area contributed by atoms with Crippen molar-refractivity contribution in [2.75, 3.05) is 0 Å². The van der Waals surface area contributed by atoms with E-state index in [1.807, 2.05) is 13.0 Å². The van der Waals surface area contributed by atoms with Crippen molar-refractivity contribution in [3.8, 4) is 0 Å². The van der Waals surface area contributed by atoms with Crippen LogP contribution in [0.2, 0.25) is 0 Å². The first kappa shape index (κ1) is 16.5. The van der Waals surface area contributed by atoms with Crippen LogP contribution in [-0.4, -0.2) is 13.0 Å². The van der Waals surface area contributed by atoms with E-state index in [0.717, 1.165) is 5.56 Å². The lowest BCUT2D eigenvalue weighted by Crippen LogP contribution is -2.24. The molecule has 1 N–H and O–H groups in total. The number of fused-ring (bicyclic) bond motifs is 1. The van der Waals surface area contributed by atoms with Crippen LogP contribution in [-0.2, 0) is 23.6 Å². The molecule has 0 bridgehead atoms. The summed E-state index contributed by atoms with van der Waals surface area (Å²) in [6.07, 6.45) is 0. The quantitative estimate of drug-likeness (QED) is 0.785. The highest BCUT2D eigenvalue weighted by Gasteiger charge is 2.16. The van der Waals surface area contributed by atoms with Crippen molar-refractivity contribution in [2.24, 2.45) is 7.05 Å². The summed E-state index contributed by atoms with van der Waals surface area (Å²) in [6.45, 7) is 3.80. The molecule has 1 heterocycles. The van der Waals surface area contributed by atoms with E-state index in [4.69, 9.17) is 4.42 Å². The summed E-state index contributed by atoms with van der Waals surface area (Å²) in [5, 5.41) is 0. The molecule has 0 spiro atoms. The molecule has 24 heavy (non-hydrogen) atoms. The van der Waals surface area contributed by atoms with Gasteiger partial charge in [-0.25, -0.2) is 17.9 Å². The Morgan fingerprint density at radius 3 is 2.58 bits per heavy atom. The molecule has 0 aliphatic rings. The summed E-state index contributed by atoms with van der Waals surface area (Å²) >= 11 is 0. The van der Waals surface area contributed by atoms with Gasteiger partial charge < -0.3 is 4.42 Å². The zero-order valence-corrected chi connectivity index (χ0v) is 14.5.